The highest BCUT2D eigenvalue weighted by Crippen LogP contribution is 2.30. The van der Waals surface area contributed by atoms with E-state index in [0.29, 0.717) is 22.7 Å². The molecule has 4 aromatic rings. The van der Waals surface area contributed by atoms with Crippen molar-refractivity contribution in [1.29, 1.82) is 0 Å². The van der Waals surface area contributed by atoms with Gasteiger partial charge >= 0.3 is 0 Å². The Kier molecular flexibility index (Phi) is 8.09. The number of halogens is 2. The van der Waals surface area contributed by atoms with Crippen LogP contribution in [0.2, 0.25) is 0 Å². The summed E-state index contributed by atoms with van der Waals surface area (Å²) in [5.41, 5.74) is 2.15. The van der Waals surface area contributed by atoms with Gasteiger partial charge in [-0.05, 0) is 57.9 Å². The summed E-state index contributed by atoms with van der Waals surface area (Å²) in [5.74, 6) is 0.235. The predicted molar refractivity (Wildman–Crippen MR) is 152 cm³/mol. The Morgan fingerprint density at radius 3 is 2.65 bits per heavy atom. The van der Waals surface area contributed by atoms with Crippen molar-refractivity contribution in [2.24, 2.45) is 0 Å². The number of benzene rings is 1. The van der Waals surface area contributed by atoms with Crippen molar-refractivity contribution in [2.75, 3.05) is 25.0 Å². The van der Waals surface area contributed by atoms with E-state index in [-0.39, 0.29) is 28.8 Å². The number of pyridine rings is 1. The average molecular weight is 550 g/mol. The number of rotatable bonds is 9. The Morgan fingerprint density at radius 1 is 1.10 bits per heavy atom. The molecule has 0 radical (unpaired) electrons. The third-order valence-electron chi connectivity index (χ3n) is 7.41. The zero-order valence-electron chi connectivity index (χ0n) is 23.8. The van der Waals surface area contributed by atoms with E-state index in [2.05, 4.69) is 44.0 Å². The van der Waals surface area contributed by atoms with Gasteiger partial charge < -0.3 is 14.6 Å². The molecule has 0 saturated carbocycles. The van der Waals surface area contributed by atoms with Gasteiger partial charge in [-0.25, -0.2) is 28.7 Å². The lowest BCUT2D eigenvalue weighted by molar-refractivity contribution is -0.105. The second-order valence-corrected chi connectivity index (χ2v) is 11.1. The molecule has 212 valence electrons. The quantitative estimate of drug-likeness (QED) is 0.253. The third kappa shape index (κ3) is 5.97. The predicted octanol–water partition coefficient (Wildman–Crippen LogP) is 6.58. The van der Waals surface area contributed by atoms with Crippen molar-refractivity contribution in [3.8, 4) is 11.3 Å². The SMILES string of the molecule is CCCCC1(C)CN(Cc2ccc(Nc3ncc(F)c(-c4cc(F)c5nc(C)n(C(C)C)c5c4)n3)nc2)CCO1. The monoisotopic (exact) mass is 549 g/mol. The first kappa shape index (κ1) is 28.0. The Balaban J connectivity index is 1.32. The van der Waals surface area contributed by atoms with Crippen molar-refractivity contribution in [3.05, 3.63) is 59.7 Å². The van der Waals surface area contributed by atoms with Crippen LogP contribution in [0.15, 0.2) is 36.7 Å². The van der Waals surface area contributed by atoms with Gasteiger partial charge in [0.05, 0.1) is 23.9 Å². The molecule has 1 fully saturated rings. The highest BCUT2D eigenvalue weighted by atomic mass is 19.1. The first-order chi connectivity index (χ1) is 19.2. The Hall–Kier alpha value is -3.50. The van der Waals surface area contributed by atoms with Gasteiger partial charge in [0.1, 0.15) is 22.9 Å². The van der Waals surface area contributed by atoms with E-state index in [1.807, 2.05) is 43.7 Å². The van der Waals surface area contributed by atoms with Crippen LogP contribution in [0.1, 0.15) is 64.4 Å². The molecule has 0 aliphatic carbocycles. The lowest BCUT2D eigenvalue weighted by atomic mass is 9.96. The fourth-order valence-electron chi connectivity index (χ4n) is 5.51. The van der Waals surface area contributed by atoms with Crippen LogP contribution >= 0.6 is 0 Å². The van der Waals surface area contributed by atoms with Crippen LogP contribution in [0.4, 0.5) is 20.5 Å². The molecule has 4 heterocycles. The number of imidazole rings is 1. The van der Waals surface area contributed by atoms with E-state index in [0.717, 1.165) is 57.3 Å². The van der Waals surface area contributed by atoms with Crippen LogP contribution in [-0.4, -0.2) is 54.7 Å². The van der Waals surface area contributed by atoms with Gasteiger partial charge in [0.2, 0.25) is 5.95 Å². The topological polar surface area (TPSA) is 81.0 Å². The lowest BCUT2D eigenvalue weighted by Crippen LogP contribution is -2.49. The number of anilines is 2. The fourth-order valence-corrected chi connectivity index (χ4v) is 5.51. The molecule has 1 aliphatic heterocycles. The first-order valence-electron chi connectivity index (χ1n) is 13.9. The molecule has 10 heteroatoms. The van der Waals surface area contributed by atoms with Gasteiger partial charge in [-0.2, -0.15) is 0 Å². The highest BCUT2D eigenvalue weighted by molar-refractivity contribution is 5.83. The van der Waals surface area contributed by atoms with Crippen molar-refractivity contribution in [1.82, 2.24) is 29.4 Å². The van der Waals surface area contributed by atoms with Crippen molar-refractivity contribution in [2.45, 2.75) is 72.1 Å². The van der Waals surface area contributed by atoms with Crippen LogP contribution in [-0.2, 0) is 11.3 Å². The minimum atomic E-state index is -0.642. The molecule has 1 aromatic carbocycles. The van der Waals surface area contributed by atoms with E-state index < -0.39 is 11.6 Å². The van der Waals surface area contributed by atoms with Gasteiger partial charge in [-0.3, -0.25) is 4.90 Å². The zero-order valence-corrected chi connectivity index (χ0v) is 23.8. The number of nitrogens with zero attached hydrogens (tertiary/aromatic N) is 6. The number of ether oxygens (including phenoxy) is 1. The van der Waals surface area contributed by atoms with Crippen LogP contribution in [0, 0.1) is 18.6 Å². The molecule has 3 aromatic heterocycles. The van der Waals surface area contributed by atoms with E-state index in [4.69, 9.17) is 4.74 Å². The Bertz CT molecular complexity index is 1490. The molecule has 5 rings (SSSR count). The third-order valence-corrected chi connectivity index (χ3v) is 7.41. The second kappa shape index (κ2) is 11.5. The van der Waals surface area contributed by atoms with Crippen LogP contribution in [0.5, 0.6) is 0 Å². The number of aromatic nitrogens is 5. The average Bonchev–Trinajstić information content (AvgIpc) is 3.26. The molecule has 1 atom stereocenters. The number of aryl methyl sites for hydroxylation is 1. The molecular weight excluding hydrogens is 512 g/mol. The molecule has 40 heavy (non-hydrogen) atoms. The molecule has 1 unspecified atom stereocenters. The smallest absolute Gasteiger partial charge is 0.229 e. The van der Waals surface area contributed by atoms with Crippen molar-refractivity contribution < 1.29 is 13.5 Å². The molecule has 0 amide bonds. The maximum Gasteiger partial charge on any atom is 0.229 e. The molecule has 1 saturated heterocycles. The summed E-state index contributed by atoms with van der Waals surface area (Å²) in [4.78, 5) is 19.7. The van der Waals surface area contributed by atoms with Crippen LogP contribution < -0.4 is 5.32 Å². The molecule has 0 spiro atoms. The molecule has 8 nitrogen and oxygen atoms in total. The standard InChI is InChI=1S/C30H37F2N7O/c1-6-7-10-30(5)18-38(11-12-40-30)17-21-8-9-26(33-15-21)36-29-34-16-24(32)27(37-29)22-13-23(31)28-25(14-22)39(19(2)3)20(4)35-28/h8-9,13-16,19H,6-7,10-12,17-18H2,1-5H3,(H,33,34,36,37). The number of hydrogen-bond donors (Lipinski definition) is 1. The lowest BCUT2D eigenvalue weighted by Gasteiger charge is -2.40. The summed E-state index contributed by atoms with van der Waals surface area (Å²) in [7, 11) is 0. The van der Waals surface area contributed by atoms with E-state index in [9.17, 15) is 8.78 Å². The van der Waals surface area contributed by atoms with E-state index >= 15 is 0 Å². The second-order valence-electron chi connectivity index (χ2n) is 11.1. The van der Waals surface area contributed by atoms with Gasteiger partial charge in [0.15, 0.2) is 11.6 Å². The Morgan fingerprint density at radius 2 is 1.93 bits per heavy atom. The fraction of sp³-hybridized carbons (Fsp3) is 0.467. The van der Waals surface area contributed by atoms with Crippen molar-refractivity contribution in [3.63, 3.8) is 0 Å². The molecule has 1 aliphatic rings. The maximum absolute atomic E-state index is 15.0. The number of morpholine rings is 1. The maximum atomic E-state index is 15.0. The molecule has 1 N–H and O–H groups in total. The summed E-state index contributed by atoms with van der Waals surface area (Å²) in [6.45, 7) is 13.5. The van der Waals surface area contributed by atoms with Gasteiger partial charge in [-0.15, -0.1) is 0 Å². The summed E-state index contributed by atoms with van der Waals surface area (Å²) in [6.07, 6.45) is 6.28. The normalized spacial score (nSPS) is 18.1. The largest absolute Gasteiger partial charge is 0.373 e. The number of fused-ring (bicyclic) bond motifs is 1. The zero-order chi connectivity index (χ0) is 28.4. The first-order valence-corrected chi connectivity index (χ1v) is 13.9. The summed E-state index contributed by atoms with van der Waals surface area (Å²) in [6, 6.07) is 6.92. The van der Waals surface area contributed by atoms with Crippen LogP contribution in [0.25, 0.3) is 22.3 Å². The summed E-state index contributed by atoms with van der Waals surface area (Å²) in [5, 5.41) is 3.05. The molecule has 0 bridgehead atoms. The minimum Gasteiger partial charge on any atom is -0.373 e. The summed E-state index contributed by atoms with van der Waals surface area (Å²) < 4.78 is 37.9. The van der Waals surface area contributed by atoms with Gasteiger partial charge in [0, 0.05) is 37.4 Å². The molecular formula is C30H37F2N7O. The Labute approximate surface area is 233 Å². The van der Waals surface area contributed by atoms with E-state index in [1.54, 1.807) is 6.07 Å². The van der Waals surface area contributed by atoms with Crippen molar-refractivity contribution >= 4 is 22.8 Å². The highest BCUT2D eigenvalue weighted by Gasteiger charge is 2.31. The minimum absolute atomic E-state index is 0.00233. The van der Waals surface area contributed by atoms with Gasteiger partial charge in [-0.1, -0.05) is 25.8 Å². The van der Waals surface area contributed by atoms with Crippen LogP contribution in [0.3, 0.4) is 0 Å². The number of nitrogens with one attached hydrogen (secondary N) is 1. The van der Waals surface area contributed by atoms with E-state index in [1.165, 1.54) is 6.07 Å². The number of unbranched alkanes of at least 4 members (excludes halogenated alkanes) is 1. The van der Waals surface area contributed by atoms with Gasteiger partial charge in [0.25, 0.3) is 0 Å². The number of hydrogen-bond acceptors (Lipinski definition) is 7. The summed E-state index contributed by atoms with van der Waals surface area (Å²) >= 11 is 0.